The number of rotatable bonds is 4. The van der Waals surface area contributed by atoms with E-state index in [1.807, 2.05) is 24.4 Å². The summed E-state index contributed by atoms with van der Waals surface area (Å²) < 4.78 is 3.45. The first-order valence-electron chi connectivity index (χ1n) is 10.1. The fraction of sp³-hybridized carbons (Fsp3) is 0.217. The van der Waals surface area contributed by atoms with Gasteiger partial charge in [-0.1, -0.05) is 36.4 Å². The van der Waals surface area contributed by atoms with Gasteiger partial charge in [-0.05, 0) is 31.0 Å². The summed E-state index contributed by atoms with van der Waals surface area (Å²) in [4.78, 5) is 30.6. The molecule has 150 valence electrons. The summed E-state index contributed by atoms with van der Waals surface area (Å²) in [5.41, 5.74) is 1.41. The first kappa shape index (κ1) is 18.3. The molecule has 0 saturated heterocycles. The van der Waals surface area contributed by atoms with E-state index in [2.05, 4.69) is 20.0 Å². The van der Waals surface area contributed by atoms with Crippen molar-refractivity contribution in [1.29, 1.82) is 0 Å². The molecule has 0 bridgehead atoms. The monoisotopic (exact) mass is 399 g/mol. The van der Waals surface area contributed by atoms with Crippen molar-refractivity contribution in [2.45, 2.75) is 32.4 Å². The third-order valence-electron chi connectivity index (χ3n) is 5.41. The average molecular weight is 399 g/mol. The van der Waals surface area contributed by atoms with Gasteiger partial charge >= 0.3 is 0 Å². The molecule has 0 radical (unpaired) electrons. The molecular weight excluding hydrogens is 378 g/mol. The second-order valence-corrected chi connectivity index (χ2v) is 7.43. The van der Waals surface area contributed by atoms with Crippen molar-refractivity contribution in [2.75, 3.05) is 0 Å². The highest BCUT2D eigenvalue weighted by Gasteiger charge is 2.18. The number of aromatic nitrogens is 4. The number of fused-ring (bicyclic) bond motifs is 2. The van der Waals surface area contributed by atoms with E-state index in [0.29, 0.717) is 23.0 Å². The first-order valence-corrected chi connectivity index (χ1v) is 10.1. The zero-order chi connectivity index (χ0) is 20.5. The van der Waals surface area contributed by atoms with E-state index >= 15 is 0 Å². The smallest absolute Gasteiger partial charge is 0.279 e. The number of carbonyl (C=O) groups excluding carboxylic acids is 1. The Labute approximate surface area is 173 Å². The Morgan fingerprint density at radius 2 is 1.77 bits per heavy atom. The molecule has 2 aromatic carbocycles. The van der Waals surface area contributed by atoms with E-state index in [1.165, 1.54) is 4.68 Å². The standard InChI is InChI=1S/C23H21N5O2/c29-22(24-14-16-15-27-13-7-6-12-20(27)25-16)21-18-10-4-5-11-19(18)23(30)28(26-21)17-8-2-1-3-9-17/h1-5,8-11,15H,6-7,12-14H2,(H,24,29). The van der Waals surface area contributed by atoms with Crippen LogP contribution >= 0.6 is 0 Å². The highest BCUT2D eigenvalue weighted by Crippen LogP contribution is 2.17. The third kappa shape index (κ3) is 3.28. The number of para-hydroxylation sites is 1. The summed E-state index contributed by atoms with van der Waals surface area (Å²) in [6.45, 7) is 1.30. The van der Waals surface area contributed by atoms with Gasteiger partial charge in [0.05, 0.1) is 23.3 Å². The Morgan fingerprint density at radius 3 is 2.57 bits per heavy atom. The third-order valence-corrected chi connectivity index (χ3v) is 5.41. The van der Waals surface area contributed by atoms with Crippen molar-refractivity contribution in [3.05, 3.63) is 88.4 Å². The van der Waals surface area contributed by atoms with Gasteiger partial charge < -0.3 is 9.88 Å². The van der Waals surface area contributed by atoms with Gasteiger partial charge in [0, 0.05) is 24.5 Å². The van der Waals surface area contributed by atoms with Crippen LogP contribution in [0.4, 0.5) is 0 Å². The van der Waals surface area contributed by atoms with E-state index in [9.17, 15) is 9.59 Å². The molecule has 3 heterocycles. The lowest BCUT2D eigenvalue weighted by Gasteiger charge is -2.11. The van der Waals surface area contributed by atoms with Gasteiger partial charge in [0.25, 0.3) is 11.5 Å². The fourth-order valence-corrected chi connectivity index (χ4v) is 3.91. The van der Waals surface area contributed by atoms with E-state index < -0.39 is 0 Å². The van der Waals surface area contributed by atoms with Crippen molar-refractivity contribution < 1.29 is 4.79 Å². The minimum Gasteiger partial charge on any atom is -0.345 e. The second kappa shape index (κ2) is 7.59. The molecule has 0 spiro atoms. The van der Waals surface area contributed by atoms with Gasteiger partial charge in [0.2, 0.25) is 0 Å². The Kier molecular flexibility index (Phi) is 4.63. The summed E-state index contributed by atoms with van der Waals surface area (Å²) in [5, 5.41) is 8.33. The normalized spacial score (nSPS) is 13.2. The predicted molar refractivity (Wildman–Crippen MR) is 114 cm³/mol. The number of nitrogens with zero attached hydrogens (tertiary/aromatic N) is 4. The maximum Gasteiger partial charge on any atom is 0.279 e. The highest BCUT2D eigenvalue weighted by molar-refractivity contribution is 6.04. The Bertz CT molecular complexity index is 1270. The molecule has 7 heteroatoms. The molecule has 5 rings (SSSR count). The Hall–Kier alpha value is -3.74. The van der Waals surface area contributed by atoms with Crippen LogP contribution < -0.4 is 10.9 Å². The quantitative estimate of drug-likeness (QED) is 0.572. The van der Waals surface area contributed by atoms with Crippen LogP contribution in [0.3, 0.4) is 0 Å². The topological polar surface area (TPSA) is 81.8 Å². The molecule has 0 unspecified atom stereocenters. The lowest BCUT2D eigenvalue weighted by molar-refractivity contribution is 0.0945. The minimum absolute atomic E-state index is 0.220. The van der Waals surface area contributed by atoms with E-state index in [4.69, 9.17) is 0 Å². The molecule has 0 atom stereocenters. The van der Waals surface area contributed by atoms with Crippen LogP contribution in [0.2, 0.25) is 0 Å². The molecule has 0 saturated carbocycles. The number of carbonyl (C=O) groups is 1. The van der Waals surface area contributed by atoms with Crippen LogP contribution in [0.5, 0.6) is 0 Å². The summed E-state index contributed by atoms with van der Waals surface area (Å²) in [7, 11) is 0. The minimum atomic E-state index is -0.332. The van der Waals surface area contributed by atoms with Crippen LogP contribution in [0.1, 0.15) is 34.8 Å². The maximum atomic E-state index is 13.0. The highest BCUT2D eigenvalue weighted by atomic mass is 16.2. The molecule has 1 amide bonds. The van der Waals surface area contributed by atoms with Gasteiger partial charge in [-0.25, -0.2) is 4.98 Å². The van der Waals surface area contributed by atoms with Crippen molar-refractivity contribution in [2.24, 2.45) is 0 Å². The number of hydrogen-bond acceptors (Lipinski definition) is 4. The number of benzene rings is 2. The molecule has 0 aliphatic carbocycles. The summed E-state index contributed by atoms with van der Waals surface area (Å²) in [5.74, 6) is 0.744. The number of imidazole rings is 1. The lowest BCUT2D eigenvalue weighted by Crippen LogP contribution is -2.29. The zero-order valence-corrected chi connectivity index (χ0v) is 16.4. The van der Waals surface area contributed by atoms with Gasteiger partial charge in [-0.15, -0.1) is 0 Å². The van der Waals surface area contributed by atoms with Crippen LogP contribution in [-0.4, -0.2) is 25.2 Å². The number of aryl methyl sites for hydroxylation is 2. The van der Waals surface area contributed by atoms with Crippen molar-refractivity contribution in [3.8, 4) is 5.69 Å². The van der Waals surface area contributed by atoms with Crippen molar-refractivity contribution in [1.82, 2.24) is 24.6 Å². The zero-order valence-electron chi connectivity index (χ0n) is 16.4. The first-order chi connectivity index (χ1) is 14.7. The van der Waals surface area contributed by atoms with Crippen LogP contribution in [-0.2, 0) is 19.5 Å². The predicted octanol–water partition coefficient (Wildman–Crippen LogP) is 2.85. The number of hydrogen-bond donors (Lipinski definition) is 1. The van der Waals surface area contributed by atoms with E-state index in [0.717, 1.165) is 37.3 Å². The van der Waals surface area contributed by atoms with Gasteiger partial charge in [-0.2, -0.15) is 9.78 Å². The van der Waals surface area contributed by atoms with E-state index in [-0.39, 0.29) is 17.2 Å². The van der Waals surface area contributed by atoms with Crippen molar-refractivity contribution in [3.63, 3.8) is 0 Å². The molecule has 4 aromatic rings. The fourth-order valence-electron chi connectivity index (χ4n) is 3.91. The largest absolute Gasteiger partial charge is 0.345 e. The lowest BCUT2D eigenvalue weighted by atomic mass is 10.1. The molecule has 30 heavy (non-hydrogen) atoms. The summed E-state index contributed by atoms with van der Waals surface area (Å²) in [6.07, 6.45) is 5.29. The SMILES string of the molecule is O=C(NCc1cn2c(n1)CCCC2)c1nn(-c2ccccc2)c(=O)c2ccccc12. The summed E-state index contributed by atoms with van der Waals surface area (Å²) >= 11 is 0. The van der Waals surface area contributed by atoms with Crippen LogP contribution in [0.15, 0.2) is 65.6 Å². The molecule has 2 aromatic heterocycles. The Balaban J connectivity index is 1.50. The molecule has 0 fully saturated rings. The van der Waals surface area contributed by atoms with Crippen LogP contribution in [0.25, 0.3) is 16.5 Å². The molecule has 1 N–H and O–H groups in total. The van der Waals surface area contributed by atoms with E-state index in [1.54, 1.807) is 36.4 Å². The van der Waals surface area contributed by atoms with Gasteiger partial charge in [-0.3, -0.25) is 9.59 Å². The summed E-state index contributed by atoms with van der Waals surface area (Å²) in [6, 6.07) is 16.2. The second-order valence-electron chi connectivity index (χ2n) is 7.43. The van der Waals surface area contributed by atoms with Gasteiger partial charge in [0.15, 0.2) is 5.69 Å². The molecule has 1 aliphatic rings. The Morgan fingerprint density at radius 1 is 1.00 bits per heavy atom. The van der Waals surface area contributed by atoms with Gasteiger partial charge in [0.1, 0.15) is 5.82 Å². The van der Waals surface area contributed by atoms with Crippen molar-refractivity contribution >= 4 is 16.7 Å². The molecule has 7 nitrogen and oxygen atoms in total. The number of nitrogens with one attached hydrogen (secondary N) is 1. The molecule has 1 aliphatic heterocycles. The van der Waals surface area contributed by atoms with Crippen LogP contribution in [0, 0.1) is 0 Å². The average Bonchev–Trinajstić information content (AvgIpc) is 3.21. The number of amides is 1. The maximum absolute atomic E-state index is 13.0. The molecular formula is C23H21N5O2.